The number of nitrogens with one attached hydrogen (secondary N) is 1. The van der Waals surface area contributed by atoms with Gasteiger partial charge in [0.2, 0.25) is 5.91 Å². The predicted octanol–water partition coefficient (Wildman–Crippen LogP) is 1.99. The molecule has 106 valence electrons. The van der Waals surface area contributed by atoms with Crippen LogP contribution in [0.1, 0.15) is 24.8 Å². The molecule has 0 heterocycles. The highest BCUT2D eigenvalue weighted by molar-refractivity contribution is 5.92. The van der Waals surface area contributed by atoms with Crippen molar-refractivity contribution in [1.29, 1.82) is 0 Å². The van der Waals surface area contributed by atoms with Crippen LogP contribution in [0.15, 0.2) is 24.3 Å². The minimum Gasteiger partial charge on any atom is -0.330 e. The molecule has 0 aromatic heterocycles. The molecule has 0 saturated carbocycles. The van der Waals surface area contributed by atoms with E-state index in [2.05, 4.69) is 5.32 Å². The molecule has 0 aliphatic heterocycles. The standard InChI is InChI=1S/C15H25N3O/c1-13-7-6-8-14(11-13)17-15(19)12-18(2)10-5-3-4-9-16/h6-8,11H,3-5,9-10,12,16H2,1-2H3,(H,17,19). The van der Waals surface area contributed by atoms with Gasteiger partial charge in [0.15, 0.2) is 0 Å². The Labute approximate surface area is 116 Å². The van der Waals surface area contributed by atoms with Crippen LogP contribution in [0.3, 0.4) is 0 Å². The number of hydrogen-bond donors (Lipinski definition) is 2. The maximum Gasteiger partial charge on any atom is 0.238 e. The fourth-order valence-electron chi connectivity index (χ4n) is 1.95. The molecule has 1 amide bonds. The zero-order valence-electron chi connectivity index (χ0n) is 12.0. The third-order valence-electron chi connectivity index (χ3n) is 2.96. The van der Waals surface area contributed by atoms with E-state index in [0.717, 1.165) is 43.6 Å². The Kier molecular flexibility index (Phi) is 7.15. The summed E-state index contributed by atoms with van der Waals surface area (Å²) < 4.78 is 0. The van der Waals surface area contributed by atoms with Crippen molar-refractivity contribution >= 4 is 11.6 Å². The first-order valence-electron chi connectivity index (χ1n) is 6.87. The summed E-state index contributed by atoms with van der Waals surface area (Å²) in [6.07, 6.45) is 3.27. The highest BCUT2D eigenvalue weighted by Gasteiger charge is 2.06. The number of carbonyl (C=O) groups is 1. The Morgan fingerprint density at radius 3 is 2.79 bits per heavy atom. The Bertz CT molecular complexity index is 393. The summed E-state index contributed by atoms with van der Waals surface area (Å²) in [6.45, 7) is 4.12. The van der Waals surface area contributed by atoms with Gasteiger partial charge in [0.1, 0.15) is 0 Å². The number of anilines is 1. The van der Waals surface area contributed by atoms with Crippen LogP contribution in [-0.2, 0) is 4.79 Å². The van der Waals surface area contributed by atoms with Crippen LogP contribution in [-0.4, -0.2) is 37.5 Å². The van der Waals surface area contributed by atoms with Gasteiger partial charge < -0.3 is 11.1 Å². The molecular weight excluding hydrogens is 238 g/mol. The fraction of sp³-hybridized carbons (Fsp3) is 0.533. The van der Waals surface area contributed by atoms with Crippen molar-refractivity contribution in [2.45, 2.75) is 26.2 Å². The summed E-state index contributed by atoms with van der Waals surface area (Å²) in [7, 11) is 1.97. The van der Waals surface area contributed by atoms with Crippen molar-refractivity contribution in [3.63, 3.8) is 0 Å². The lowest BCUT2D eigenvalue weighted by Gasteiger charge is -2.16. The van der Waals surface area contributed by atoms with Crippen LogP contribution in [0.4, 0.5) is 5.69 Å². The number of likely N-dealkylation sites (N-methyl/N-ethyl adjacent to an activating group) is 1. The summed E-state index contributed by atoms with van der Waals surface area (Å²) in [6, 6.07) is 7.84. The van der Waals surface area contributed by atoms with E-state index in [1.807, 2.05) is 43.1 Å². The zero-order valence-corrected chi connectivity index (χ0v) is 12.0. The van der Waals surface area contributed by atoms with Gasteiger partial charge in [-0.1, -0.05) is 18.6 Å². The highest BCUT2D eigenvalue weighted by atomic mass is 16.2. The molecule has 1 aromatic rings. The number of unbranched alkanes of at least 4 members (excludes halogenated alkanes) is 2. The van der Waals surface area contributed by atoms with Gasteiger partial charge >= 0.3 is 0 Å². The lowest BCUT2D eigenvalue weighted by molar-refractivity contribution is -0.117. The van der Waals surface area contributed by atoms with Gasteiger partial charge in [0.25, 0.3) is 0 Å². The van der Waals surface area contributed by atoms with Gasteiger partial charge in [0.05, 0.1) is 6.54 Å². The largest absolute Gasteiger partial charge is 0.330 e. The summed E-state index contributed by atoms with van der Waals surface area (Å²) in [5.41, 5.74) is 7.46. The maximum atomic E-state index is 11.9. The third kappa shape index (κ3) is 6.94. The summed E-state index contributed by atoms with van der Waals surface area (Å²) in [5.74, 6) is 0.0342. The molecule has 4 heteroatoms. The van der Waals surface area contributed by atoms with E-state index < -0.39 is 0 Å². The summed E-state index contributed by atoms with van der Waals surface area (Å²) >= 11 is 0. The molecule has 19 heavy (non-hydrogen) atoms. The second-order valence-electron chi connectivity index (χ2n) is 5.00. The Morgan fingerprint density at radius 2 is 2.11 bits per heavy atom. The van der Waals surface area contributed by atoms with E-state index in [-0.39, 0.29) is 5.91 Å². The molecule has 0 aliphatic carbocycles. The van der Waals surface area contributed by atoms with E-state index >= 15 is 0 Å². The van der Waals surface area contributed by atoms with Gasteiger partial charge in [-0.15, -0.1) is 0 Å². The van der Waals surface area contributed by atoms with Gasteiger partial charge in [-0.05, 0) is 57.6 Å². The summed E-state index contributed by atoms with van der Waals surface area (Å²) in [5, 5.41) is 2.91. The summed E-state index contributed by atoms with van der Waals surface area (Å²) in [4.78, 5) is 13.9. The Balaban J connectivity index is 2.26. The van der Waals surface area contributed by atoms with Crippen molar-refractivity contribution in [1.82, 2.24) is 4.90 Å². The number of benzene rings is 1. The lowest BCUT2D eigenvalue weighted by Crippen LogP contribution is -2.31. The first kappa shape index (κ1) is 15.7. The number of nitrogens with two attached hydrogens (primary N) is 1. The SMILES string of the molecule is Cc1cccc(NC(=O)CN(C)CCCCCN)c1. The molecule has 0 aliphatic rings. The van der Waals surface area contributed by atoms with Gasteiger partial charge in [-0.2, -0.15) is 0 Å². The molecule has 4 nitrogen and oxygen atoms in total. The molecule has 0 fully saturated rings. The monoisotopic (exact) mass is 263 g/mol. The molecular formula is C15H25N3O. The van der Waals surface area contributed by atoms with Crippen molar-refractivity contribution in [3.05, 3.63) is 29.8 Å². The van der Waals surface area contributed by atoms with Crippen LogP contribution in [0.2, 0.25) is 0 Å². The molecule has 0 radical (unpaired) electrons. The van der Waals surface area contributed by atoms with E-state index in [0.29, 0.717) is 6.54 Å². The number of aryl methyl sites for hydroxylation is 1. The first-order valence-corrected chi connectivity index (χ1v) is 6.87. The van der Waals surface area contributed by atoms with Gasteiger partial charge in [-0.25, -0.2) is 0 Å². The zero-order chi connectivity index (χ0) is 14.1. The lowest BCUT2D eigenvalue weighted by atomic mass is 10.2. The van der Waals surface area contributed by atoms with Crippen LogP contribution in [0.25, 0.3) is 0 Å². The van der Waals surface area contributed by atoms with Crippen LogP contribution < -0.4 is 11.1 Å². The van der Waals surface area contributed by atoms with E-state index in [9.17, 15) is 4.79 Å². The van der Waals surface area contributed by atoms with Crippen molar-refractivity contribution < 1.29 is 4.79 Å². The number of nitrogens with zero attached hydrogens (tertiary/aromatic N) is 1. The third-order valence-corrected chi connectivity index (χ3v) is 2.96. The van der Waals surface area contributed by atoms with Crippen molar-refractivity contribution in [3.8, 4) is 0 Å². The topological polar surface area (TPSA) is 58.4 Å². The number of hydrogen-bond acceptors (Lipinski definition) is 3. The maximum absolute atomic E-state index is 11.9. The van der Waals surface area contributed by atoms with E-state index in [1.165, 1.54) is 0 Å². The fourth-order valence-corrected chi connectivity index (χ4v) is 1.95. The normalized spacial score (nSPS) is 10.7. The van der Waals surface area contributed by atoms with Gasteiger partial charge in [-0.3, -0.25) is 9.69 Å². The molecule has 3 N–H and O–H groups in total. The Morgan fingerprint density at radius 1 is 1.32 bits per heavy atom. The number of rotatable bonds is 8. The predicted molar refractivity (Wildman–Crippen MR) is 80.2 cm³/mol. The minimum atomic E-state index is 0.0342. The van der Waals surface area contributed by atoms with E-state index in [1.54, 1.807) is 0 Å². The molecule has 0 bridgehead atoms. The van der Waals surface area contributed by atoms with Crippen LogP contribution in [0, 0.1) is 6.92 Å². The van der Waals surface area contributed by atoms with Crippen molar-refractivity contribution in [2.24, 2.45) is 5.73 Å². The van der Waals surface area contributed by atoms with Crippen LogP contribution in [0.5, 0.6) is 0 Å². The smallest absolute Gasteiger partial charge is 0.238 e. The highest BCUT2D eigenvalue weighted by Crippen LogP contribution is 2.09. The molecule has 0 saturated heterocycles. The second kappa shape index (κ2) is 8.67. The Hall–Kier alpha value is -1.39. The number of amides is 1. The van der Waals surface area contributed by atoms with Crippen LogP contribution >= 0.6 is 0 Å². The second-order valence-corrected chi connectivity index (χ2v) is 5.00. The van der Waals surface area contributed by atoms with E-state index in [4.69, 9.17) is 5.73 Å². The number of carbonyl (C=O) groups excluding carboxylic acids is 1. The first-order chi connectivity index (χ1) is 9.11. The average molecular weight is 263 g/mol. The van der Waals surface area contributed by atoms with Gasteiger partial charge in [0, 0.05) is 5.69 Å². The van der Waals surface area contributed by atoms with Crippen molar-refractivity contribution in [2.75, 3.05) is 32.0 Å². The average Bonchev–Trinajstić information content (AvgIpc) is 2.34. The quantitative estimate of drug-likeness (QED) is 0.705. The molecule has 1 aromatic carbocycles. The molecule has 0 unspecified atom stereocenters. The molecule has 0 atom stereocenters. The minimum absolute atomic E-state index is 0.0342. The molecule has 1 rings (SSSR count). The molecule has 0 spiro atoms.